The monoisotopic (exact) mass is 585 g/mol. The van der Waals surface area contributed by atoms with E-state index in [1.807, 2.05) is 30.3 Å². The highest BCUT2D eigenvalue weighted by molar-refractivity contribution is 6.42. The number of halogens is 2. The van der Waals surface area contributed by atoms with Crippen LogP contribution in [-0.2, 0) is 27.4 Å². The number of anilines is 1. The van der Waals surface area contributed by atoms with Gasteiger partial charge in [-0.05, 0) is 54.7 Å². The van der Waals surface area contributed by atoms with E-state index in [2.05, 4.69) is 16.0 Å². The van der Waals surface area contributed by atoms with Crippen molar-refractivity contribution in [3.8, 4) is 0 Å². The summed E-state index contributed by atoms with van der Waals surface area (Å²) in [6, 6.07) is 19.5. The number of carboxylic acids is 1. The molecule has 40 heavy (non-hydrogen) atoms. The standard InChI is InChI=1S/C29H29Cl2N3O6/c30-22-14-12-21(17-23(22)31)27(37)34-25(11-6-16-32-29(39)40-18-19-7-2-1-3-8-19)28(38)33-24-10-5-4-9-20(24)13-15-26(35)36/h1-5,7-10,12,14,17,25H,6,11,13,15-16,18H2,(H,32,39)(H,33,38)(H,34,37)(H,35,36)/t25-/m0/s1. The average molecular weight is 586 g/mol. The van der Waals surface area contributed by atoms with Crippen LogP contribution in [0.2, 0.25) is 10.0 Å². The van der Waals surface area contributed by atoms with Gasteiger partial charge in [-0.15, -0.1) is 0 Å². The number of benzene rings is 3. The molecule has 0 saturated heterocycles. The van der Waals surface area contributed by atoms with Crippen molar-refractivity contribution in [1.82, 2.24) is 10.6 Å². The van der Waals surface area contributed by atoms with E-state index >= 15 is 0 Å². The van der Waals surface area contributed by atoms with Crippen LogP contribution in [0.5, 0.6) is 0 Å². The number of rotatable bonds is 13. The van der Waals surface area contributed by atoms with E-state index in [1.165, 1.54) is 18.2 Å². The van der Waals surface area contributed by atoms with Crippen LogP contribution in [0, 0.1) is 0 Å². The Balaban J connectivity index is 1.63. The minimum atomic E-state index is -0.975. The van der Waals surface area contributed by atoms with Crippen LogP contribution in [-0.4, -0.2) is 41.6 Å². The zero-order chi connectivity index (χ0) is 28.9. The van der Waals surface area contributed by atoms with Crippen molar-refractivity contribution in [2.75, 3.05) is 11.9 Å². The van der Waals surface area contributed by atoms with Gasteiger partial charge in [0.25, 0.3) is 5.91 Å². The summed E-state index contributed by atoms with van der Waals surface area (Å²) in [5.41, 5.74) is 2.17. The number of carboxylic acid groups (broad SMARTS) is 1. The fourth-order valence-corrected chi connectivity index (χ4v) is 4.04. The molecule has 4 N–H and O–H groups in total. The minimum absolute atomic E-state index is 0.101. The molecule has 0 bridgehead atoms. The van der Waals surface area contributed by atoms with E-state index in [0.717, 1.165) is 5.56 Å². The number of para-hydroxylation sites is 1. The molecule has 0 heterocycles. The third-order valence-electron chi connectivity index (χ3n) is 5.84. The van der Waals surface area contributed by atoms with Gasteiger partial charge in [-0.25, -0.2) is 4.79 Å². The second-order valence-corrected chi connectivity index (χ2v) is 9.64. The lowest BCUT2D eigenvalue weighted by Crippen LogP contribution is -2.44. The lowest BCUT2D eigenvalue weighted by molar-refractivity contribution is -0.137. The first-order chi connectivity index (χ1) is 19.2. The van der Waals surface area contributed by atoms with Gasteiger partial charge in [-0.1, -0.05) is 71.7 Å². The van der Waals surface area contributed by atoms with Crippen LogP contribution in [0.1, 0.15) is 40.7 Å². The maximum atomic E-state index is 13.3. The lowest BCUT2D eigenvalue weighted by atomic mass is 10.1. The molecule has 3 aromatic carbocycles. The molecule has 11 heteroatoms. The number of carbonyl (C=O) groups excluding carboxylic acids is 3. The zero-order valence-corrected chi connectivity index (χ0v) is 23.0. The molecule has 0 spiro atoms. The van der Waals surface area contributed by atoms with Gasteiger partial charge in [-0.2, -0.15) is 0 Å². The highest BCUT2D eigenvalue weighted by Crippen LogP contribution is 2.23. The fraction of sp³-hybridized carbons (Fsp3) is 0.241. The highest BCUT2D eigenvalue weighted by Gasteiger charge is 2.23. The van der Waals surface area contributed by atoms with Gasteiger partial charge in [0, 0.05) is 24.2 Å². The Labute approximate surface area is 241 Å². The van der Waals surface area contributed by atoms with Gasteiger partial charge in [0.15, 0.2) is 0 Å². The van der Waals surface area contributed by atoms with Gasteiger partial charge in [0.05, 0.1) is 10.0 Å². The van der Waals surface area contributed by atoms with Gasteiger partial charge in [0.1, 0.15) is 12.6 Å². The Kier molecular flexibility index (Phi) is 11.8. The van der Waals surface area contributed by atoms with Crippen molar-refractivity contribution in [2.45, 2.75) is 38.3 Å². The van der Waals surface area contributed by atoms with Crippen LogP contribution in [0.3, 0.4) is 0 Å². The number of aliphatic carboxylic acids is 1. The molecule has 0 saturated carbocycles. The lowest BCUT2D eigenvalue weighted by Gasteiger charge is -2.20. The molecule has 0 radical (unpaired) electrons. The quantitative estimate of drug-likeness (QED) is 0.197. The first-order valence-corrected chi connectivity index (χ1v) is 13.3. The number of hydrogen-bond acceptors (Lipinski definition) is 5. The summed E-state index contributed by atoms with van der Waals surface area (Å²) in [5, 5.41) is 17.7. The second kappa shape index (κ2) is 15.5. The van der Waals surface area contributed by atoms with E-state index in [1.54, 1.807) is 24.3 Å². The largest absolute Gasteiger partial charge is 0.481 e. The van der Waals surface area contributed by atoms with Gasteiger partial charge < -0.3 is 25.8 Å². The molecule has 0 aliphatic rings. The molecule has 210 valence electrons. The maximum Gasteiger partial charge on any atom is 0.407 e. The Morgan fingerprint density at radius 1 is 0.900 bits per heavy atom. The summed E-state index contributed by atoms with van der Waals surface area (Å²) in [5.74, 6) is -1.99. The van der Waals surface area contributed by atoms with Crippen LogP contribution in [0.25, 0.3) is 0 Å². The van der Waals surface area contributed by atoms with E-state index in [0.29, 0.717) is 17.7 Å². The number of alkyl carbamates (subject to hydrolysis) is 1. The Bertz CT molecular complexity index is 1340. The van der Waals surface area contributed by atoms with Crippen molar-refractivity contribution in [1.29, 1.82) is 0 Å². The van der Waals surface area contributed by atoms with Gasteiger partial charge >= 0.3 is 12.1 Å². The van der Waals surface area contributed by atoms with Gasteiger partial charge in [0.2, 0.25) is 5.91 Å². The summed E-state index contributed by atoms with van der Waals surface area (Å²) in [7, 11) is 0. The molecule has 3 rings (SSSR count). The highest BCUT2D eigenvalue weighted by atomic mass is 35.5. The molecule has 0 aliphatic carbocycles. The van der Waals surface area contributed by atoms with Crippen LogP contribution < -0.4 is 16.0 Å². The number of hydrogen-bond donors (Lipinski definition) is 4. The van der Waals surface area contributed by atoms with Crippen LogP contribution in [0.4, 0.5) is 10.5 Å². The SMILES string of the molecule is O=C(O)CCc1ccccc1NC(=O)[C@H](CCCNC(=O)OCc1ccccc1)NC(=O)c1ccc(Cl)c(Cl)c1. The van der Waals surface area contributed by atoms with Crippen LogP contribution >= 0.6 is 23.2 Å². The van der Waals surface area contributed by atoms with Gasteiger partial charge in [-0.3, -0.25) is 14.4 Å². The number of amides is 3. The van der Waals surface area contributed by atoms with E-state index < -0.39 is 29.9 Å². The summed E-state index contributed by atoms with van der Waals surface area (Å²) in [6.45, 7) is 0.327. The predicted octanol–water partition coefficient (Wildman–Crippen LogP) is 5.45. The predicted molar refractivity (Wildman–Crippen MR) is 153 cm³/mol. The summed E-state index contributed by atoms with van der Waals surface area (Å²) < 4.78 is 5.19. The molecule has 9 nitrogen and oxygen atoms in total. The summed E-state index contributed by atoms with van der Waals surface area (Å²) in [4.78, 5) is 49.3. The Hall–Kier alpha value is -4.08. The third-order valence-corrected chi connectivity index (χ3v) is 6.58. The van der Waals surface area contributed by atoms with E-state index in [9.17, 15) is 19.2 Å². The van der Waals surface area contributed by atoms with Crippen molar-refractivity contribution >= 4 is 52.8 Å². The van der Waals surface area contributed by atoms with E-state index in [-0.39, 0.29) is 48.0 Å². The molecule has 0 aromatic heterocycles. The minimum Gasteiger partial charge on any atom is -0.481 e. The number of nitrogens with one attached hydrogen (secondary N) is 3. The molecular weight excluding hydrogens is 557 g/mol. The maximum absolute atomic E-state index is 13.3. The summed E-state index contributed by atoms with van der Waals surface area (Å²) in [6.07, 6.45) is 0.0603. The first kappa shape index (κ1) is 30.5. The summed E-state index contributed by atoms with van der Waals surface area (Å²) >= 11 is 12.0. The number of ether oxygens (including phenoxy) is 1. The Morgan fingerprint density at radius 3 is 2.35 bits per heavy atom. The van der Waals surface area contributed by atoms with Crippen molar-refractivity contribution in [2.24, 2.45) is 0 Å². The molecule has 3 aromatic rings. The van der Waals surface area contributed by atoms with Crippen LogP contribution in [0.15, 0.2) is 72.8 Å². The van der Waals surface area contributed by atoms with Crippen molar-refractivity contribution in [3.63, 3.8) is 0 Å². The molecule has 0 fully saturated rings. The molecule has 0 aliphatic heterocycles. The molecular formula is C29H29Cl2N3O6. The number of carbonyl (C=O) groups is 4. The van der Waals surface area contributed by atoms with E-state index in [4.69, 9.17) is 33.0 Å². The number of aryl methyl sites for hydroxylation is 1. The normalized spacial score (nSPS) is 11.2. The molecule has 1 atom stereocenters. The zero-order valence-electron chi connectivity index (χ0n) is 21.5. The average Bonchev–Trinajstić information content (AvgIpc) is 2.94. The fourth-order valence-electron chi connectivity index (χ4n) is 3.74. The topological polar surface area (TPSA) is 134 Å². The van der Waals surface area contributed by atoms with Crippen molar-refractivity contribution in [3.05, 3.63) is 99.5 Å². The Morgan fingerprint density at radius 2 is 1.62 bits per heavy atom. The smallest absolute Gasteiger partial charge is 0.407 e. The van der Waals surface area contributed by atoms with Crippen molar-refractivity contribution < 1.29 is 29.0 Å². The first-order valence-electron chi connectivity index (χ1n) is 12.5. The molecule has 3 amide bonds. The molecule has 0 unspecified atom stereocenters. The third kappa shape index (κ3) is 9.91. The second-order valence-electron chi connectivity index (χ2n) is 8.83.